The van der Waals surface area contributed by atoms with Crippen LogP contribution in [0.4, 0.5) is 0 Å². The Bertz CT molecular complexity index is 635. The molecule has 8 nitrogen and oxygen atoms in total. The molecule has 25 heavy (non-hydrogen) atoms. The summed E-state index contributed by atoms with van der Waals surface area (Å²) in [4.78, 5) is 44.8. The van der Waals surface area contributed by atoms with Crippen molar-refractivity contribution in [3.8, 4) is 5.75 Å². The number of rotatable bonds is 7. The van der Waals surface area contributed by atoms with Crippen LogP contribution < -0.4 is 4.74 Å². The van der Waals surface area contributed by atoms with Gasteiger partial charge in [0.25, 0.3) is 0 Å². The minimum absolute atomic E-state index is 0.279. The van der Waals surface area contributed by atoms with Crippen molar-refractivity contribution in [1.82, 2.24) is 0 Å². The number of hydrogen-bond acceptors (Lipinski definition) is 8. The van der Waals surface area contributed by atoms with Crippen LogP contribution >= 0.6 is 0 Å². The molecule has 0 N–H and O–H groups in total. The summed E-state index contributed by atoms with van der Waals surface area (Å²) in [6.45, 7) is 4.59. The van der Waals surface area contributed by atoms with E-state index < -0.39 is 36.1 Å². The second kappa shape index (κ2) is 9.41. The summed E-state index contributed by atoms with van der Waals surface area (Å²) in [5.41, 5.74) is 0.476. The third kappa shape index (κ3) is 7.47. The van der Waals surface area contributed by atoms with Gasteiger partial charge in [-0.1, -0.05) is 12.1 Å². The van der Waals surface area contributed by atoms with Crippen LogP contribution in [0, 0.1) is 0 Å². The number of esters is 4. The molecule has 1 rings (SSSR count). The summed E-state index contributed by atoms with van der Waals surface area (Å²) >= 11 is 0. The van der Waals surface area contributed by atoms with E-state index in [0.29, 0.717) is 11.3 Å². The van der Waals surface area contributed by atoms with Crippen molar-refractivity contribution >= 4 is 23.9 Å². The van der Waals surface area contributed by atoms with Crippen LogP contribution in [0.3, 0.4) is 0 Å². The van der Waals surface area contributed by atoms with E-state index in [4.69, 9.17) is 18.9 Å². The van der Waals surface area contributed by atoms with Gasteiger partial charge in [-0.05, 0) is 17.7 Å². The predicted octanol–water partition coefficient (Wildman–Crippen LogP) is 1.71. The molecule has 0 bridgehead atoms. The standard InChI is InChI=1S/C17H20O8/c1-10(18)22-9-16(24-12(3)20)17(25-13(4)21)14-5-7-15(8-6-14)23-11(2)19/h5-8,16-17H,9H2,1-4H3/t16-,17-/m1/s1. The first-order chi connectivity index (χ1) is 11.7. The van der Waals surface area contributed by atoms with E-state index in [1.165, 1.54) is 39.8 Å². The highest BCUT2D eigenvalue weighted by Crippen LogP contribution is 2.26. The molecule has 0 heterocycles. The molecular weight excluding hydrogens is 332 g/mol. The van der Waals surface area contributed by atoms with Crippen LogP contribution in [0.1, 0.15) is 39.4 Å². The van der Waals surface area contributed by atoms with E-state index >= 15 is 0 Å². The Hall–Kier alpha value is -2.90. The Balaban J connectivity index is 3.09. The number of carbonyl (C=O) groups excluding carboxylic acids is 4. The Morgan fingerprint density at radius 3 is 1.80 bits per heavy atom. The fourth-order valence-electron chi connectivity index (χ4n) is 2.02. The lowest BCUT2D eigenvalue weighted by atomic mass is 10.0. The van der Waals surface area contributed by atoms with E-state index in [1.807, 2.05) is 0 Å². The lowest BCUT2D eigenvalue weighted by Gasteiger charge is -2.26. The maximum atomic E-state index is 11.4. The molecule has 0 aliphatic carbocycles. The Morgan fingerprint density at radius 2 is 1.36 bits per heavy atom. The predicted molar refractivity (Wildman–Crippen MR) is 84.4 cm³/mol. The molecule has 0 saturated carbocycles. The van der Waals surface area contributed by atoms with Crippen LogP contribution in [0.15, 0.2) is 24.3 Å². The number of benzene rings is 1. The Kier molecular flexibility index (Phi) is 7.58. The molecule has 0 amide bonds. The molecule has 0 spiro atoms. The van der Waals surface area contributed by atoms with Gasteiger partial charge in [0.2, 0.25) is 0 Å². The smallest absolute Gasteiger partial charge is 0.308 e. The van der Waals surface area contributed by atoms with Crippen molar-refractivity contribution in [2.75, 3.05) is 6.61 Å². The van der Waals surface area contributed by atoms with Crippen LogP contribution in [-0.2, 0) is 33.4 Å². The highest BCUT2D eigenvalue weighted by molar-refractivity contribution is 5.69. The average Bonchev–Trinajstić information content (AvgIpc) is 2.49. The monoisotopic (exact) mass is 352 g/mol. The molecule has 0 unspecified atom stereocenters. The van der Waals surface area contributed by atoms with Gasteiger partial charge >= 0.3 is 23.9 Å². The van der Waals surface area contributed by atoms with E-state index in [-0.39, 0.29) is 6.61 Å². The van der Waals surface area contributed by atoms with Crippen molar-refractivity contribution in [3.05, 3.63) is 29.8 Å². The highest BCUT2D eigenvalue weighted by atomic mass is 16.6. The van der Waals surface area contributed by atoms with Gasteiger partial charge < -0.3 is 18.9 Å². The second-order valence-corrected chi connectivity index (χ2v) is 5.14. The molecule has 0 aliphatic rings. The molecule has 1 aromatic carbocycles. The van der Waals surface area contributed by atoms with E-state index in [9.17, 15) is 19.2 Å². The van der Waals surface area contributed by atoms with Gasteiger partial charge in [-0.15, -0.1) is 0 Å². The van der Waals surface area contributed by atoms with Gasteiger partial charge in [-0.2, -0.15) is 0 Å². The van der Waals surface area contributed by atoms with Crippen molar-refractivity contribution < 1.29 is 38.1 Å². The zero-order valence-corrected chi connectivity index (χ0v) is 14.4. The minimum Gasteiger partial charge on any atom is -0.462 e. The summed E-state index contributed by atoms with van der Waals surface area (Å²) < 4.78 is 20.2. The molecule has 2 atom stereocenters. The molecule has 0 radical (unpaired) electrons. The quantitative estimate of drug-likeness (QED) is 0.415. The van der Waals surface area contributed by atoms with Gasteiger partial charge in [-0.3, -0.25) is 19.2 Å². The summed E-state index contributed by atoms with van der Waals surface area (Å²) in [6.07, 6.45) is -2.02. The first kappa shape index (κ1) is 20.1. The second-order valence-electron chi connectivity index (χ2n) is 5.14. The molecule has 0 aliphatic heterocycles. The molecule has 1 aromatic rings. The van der Waals surface area contributed by atoms with Gasteiger partial charge in [0.05, 0.1) is 0 Å². The van der Waals surface area contributed by atoms with Crippen LogP contribution in [0.25, 0.3) is 0 Å². The van der Waals surface area contributed by atoms with Crippen molar-refractivity contribution in [1.29, 1.82) is 0 Å². The van der Waals surface area contributed by atoms with Gasteiger partial charge in [-0.25, -0.2) is 0 Å². The molecule has 8 heteroatoms. The van der Waals surface area contributed by atoms with Crippen molar-refractivity contribution in [2.45, 2.75) is 39.9 Å². The minimum atomic E-state index is -1.02. The first-order valence-corrected chi connectivity index (χ1v) is 7.45. The summed E-state index contributed by atoms with van der Waals surface area (Å²) in [7, 11) is 0. The lowest BCUT2D eigenvalue weighted by Crippen LogP contribution is -2.32. The van der Waals surface area contributed by atoms with Crippen molar-refractivity contribution in [2.24, 2.45) is 0 Å². The van der Waals surface area contributed by atoms with Crippen LogP contribution in [0.5, 0.6) is 5.75 Å². The van der Waals surface area contributed by atoms with Crippen molar-refractivity contribution in [3.63, 3.8) is 0 Å². The van der Waals surface area contributed by atoms with E-state index in [2.05, 4.69) is 0 Å². The van der Waals surface area contributed by atoms with Crippen LogP contribution in [-0.4, -0.2) is 36.6 Å². The third-order valence-electron chi connectivity index (χ3n) is 2.87. The number of hydrogen-bond donors (Lipinski definition) is 0. The number of carbonyl (C=O) groups is 4. The summed E-state index contributed by atoms with van der Waals surface area (Å²) in [5, 5.41) is 0. The maximum Gasteiger partial charge on any atom is 0.308 e. The third-order valence-corrected chi connectivity index (χ3v) is 2.87. The van der Waals surface area contributed by atoms with Gasteiger partial charge in [0.1, 0.15) is 12.4 Å². The Labute approximate surface area is 145 Å². The van der Waals surface area contributed by atoms with E-state index in [0.717, 1.165) is 0 Å². The maximum absolute atomic E-state index is 11.4. The average molecular weight is 352 g/mol. The molecule has 0 saturated heterocycles. The van der Waals surface area contributed by atoms with Gasteiger partial charge in [0, 0.05) is 27.7 Å². The lowest BCUT2D eigenvalue weighted by molar-refractivity contribution is -0.173. The Morgan fingerprint density at radius 1 is 0.800 bits per heavy atom. The molecule has 0 fully saturated rings. The van der Waals surface area contributed by atoms with Crippen LogP contribution in [0.2, 0.25) is 0 Å². The SMILES string of the molecule is CC(=O)OC[C@@H](OC(C)=O)[C@H](OC(C)=O)c1ccc(OC(C)=O)cc1. The van der Waals surface area contributed by atoms with Gasteiger partial charge in [0.15, 0.2) is 12.2 Å². The normalized spacial score (nSPS) is 12.5. The van der Waals surface area contributed by atoms with E-state index in [1.54, 1.807) is 12.1 Å². The molecular formula is C17H20O8. The fraction of sp³-hybridized carbons (Fsp3) is 0.412. The fourth-order valence-corrected chi connectivity index (χ4v) is 2.02. The highest BCUT2D eigenvalue weighted by Gasteiger charge is 2.30. The first-order valence-electron chi connectivity index (χ1n) is 7.45. The summed E-state index contributed by atoms with van der Waals surface area (Å²) in [6, 6.07) is 6.11. The topological polar surface area (TPSA) is 105 Å². The molecule has 0 aromatic heterocycles. The zero-order valence-electron chi connectivity index (χ0n) is 14.4. The number of ether oxygens (including phenoxy) is 4. The zero-order chi connectivity index (χ0) is 19.0. The molecule has 136 valence electrons. The largest absolute Gasteiger partial charge is 0.462 e. The summed E-state index contributed by atoms with van der Waals surface area (Å²) in [5.74, 6) is -1.96.